The number of para-hydroxylation sites is 1. The molecule has 90 valence electrons. The largest absolute Gasteiger partial charge is 0.461 e. The third-order valence-corrected chi connectivity index (χ3v) is 2.91. The van der Waals surface area contributed by atoms with Gasteiger partial charge in [0.1, 0.15) is 11.3 Å². The highest BCUT2D eigenvalue weighted by atomic mass is 16.3. The van der Waals surface area contributed by atoms with E-state index in [0.717, 1.165) is 28.8 Å². The fourth-order valence-corrected chi connectivity index (χ4v) is 2.15. The van der Waals surface area contributed by atoms with E-state index in [-0.39, 0.29) is 6.04 Å². The minimum atomic E-state index is 0.108. The number of furan rings is 1. The van der Waals surface area contributed by atoms with Crippen LogP contribution in [0.1, 0.15) is 17.4 Å². The van der Waals surface area contributed by atoms with Crippen LogP contribution in [0.2, 0.25) is 0 Å². The third-order valence-electron chi connectivity index (χ3n) is 2.91. The van der Waals surface area contributed by atoms with Crippen LogP contribution in [0.3, 0.4) is 0 Å². The van der Waals surface area contributed by atoms with Gasteiger partial charge < -0.3 is 15.5 Å². The minimum Gasteiger partial charge on any atom is -0.461 e. The summed E-state index contributed by atoms with van der Waals surface area (Å²) in [6, 6.07) is 8.15. The Bertz CT molecular complexity index is 516. The van der Waals surface area contributed by atoms with Crippen LogP contribution < -0.4 is 11.1 Å². The summed E-state index contributed by atoms with van der Waals surface area (Å²) in [6.45, 7) is 6.96. The Hall–Kier alpha value is -1.58. The van der Waals surface area contributed by atoms with Gasteiger partial charge in [0.15, 0.2) is 0 Å². The van der Waals surface area contributed by atoms with Crippen LogP contribution in [0.15, 0.2) is 41.3 Å². The number of nitrogens with two attached hydrogens (primary N) is 1. The summed E-state index contributed by atoms with van der Waals surface area (Å²) in [5, 5.41) is 4.49. The van der Waals surface area contributed by atoms with E-state index in [1.54, 1.807) is 0 Å². The summed E-state index contributed by atoms with van der Waals surface area (Å²) >= 11 is 0. The molecule has 0 radical (unpaired) electrons. The van der Waals surface area contributed by atoms with Gasteiger partial charge in [-0.2, -0.15) is 0 Å². The summed E-state index contributed by atoms with van der Waals surface area (Å²) in [5.41, 5.74) is 7.90. The lowest BCUT2D eigenvalue weighted by Crippen LogP contribution is -2.28. The highest BCUT2D eigenvalue weighted by Crippen LogP contribution is 2.29. The predicted octanol–water partition coefficient (Wildman–Crippen LogP) is 2.52. The second kappa shape index (κ2) is 5.17. The zero-order valence-corrected chi connectivity index (χ0v) is 10.1. The van der Waals surface area contributed by atoms with Crippen molar-refractivity contribution in [1.82, 2.24) is 5.32 Å². The zero-order chi connectivity index (χ0) is 12.3. The van der Waals surface area contributed by atoms with E-state index in [1.807, 2.05) is 31.2 Å². The molecule has 1 aromatic heterocycles. The molecule has 3 heteroatoms. The average molecular weight is 230 g/mol. The third kappa shape index (κ3) is 2.25. The number of hydrogen-bond donors (Lipinski definition) is 2. The molecule has 0 aliphatic rings. The molecule has 3 nitrogen and oxygen atoms in total. The molecule has 0 saturated heterocycles. The molecule has 1 aromatic carbocycles. The smallest absolute Gasteiger partial charge is 0.134 e. The molecule has 0 fully saturated rings. The van der Waals surface area contributed by atoms with Crippen LogP contribution in [0.25, 0.3) is 11.0 Å². The van der Waals surface area contributed by atoms with Crippen molar-refractivity contribution in [2.45, 2.75) is 13.0 Å². The van der Waals surface area contributed by atoms with Gasteiger partial charge >= 0.3 is 0 Å². The van der Waals surface area contributed by atoms with Crippen LogP contribution in [0.4, 0.5) is 0 Å². The van der Waals surface area contributed by atoms with Gasteiger partial charge in [0.25, 0.3) is 0 Å². The summed E-state index contributed by atoms with van der Waals surface area (Å²) in [5.74, 6) is 0.929. The monoisotopic (exact) mass is 230 g/mol. The minimum absolute atomic E-state index is 0.108. The molecule has 0 spiro atoms. The summed E-state index contributed by atoms with van der Waals surface area (Å²) in [6.07, 6.45) is 1.83. The SMILES string of the molecule is C=CCNC(CN)c1c(C)oc2ccccc12. The van der Waals surface area contributed by atoms with E-state index in [4.69, 9.17) is 10.2 Å². The van der Waals surface area contributed by atoms with Gasteiger partial charge in [0.05, 0.1) is 0 Å². The zero-order valence-electron chi connectivity index (χ0n) is 10.1. The summed E-state index contributed by atoms with van der Waals surface area (Å²) in [7, 11) is 0. The lowest BCUT2D eigenvalue weighted by atomic mass is 10.0. The second-order valence-corrected chi connectivity index (χ2v) is 4.05. The van der Waals surface area contributed by atoms with Gasteiger partial charge in [-0.05, 0) is 13.0 Å². The lowest BCUT2D eigenvalue weighted by molar-refractivity contribution is 0.533. The maximum absolute atomic E-state index is 5.83. The molecule has 2 rings (SSSR count). The molecular weight excluding hydrogens is 212 g/mol. The second-order valence-electron chi connectivity index (χ2n) is 4.05. The van der Waals surface area contributed by atoms with Crippen LogP contribution in [0.5, 0.6) is 0 Å². The number of nitrogens with one attached hydrogen (secondary N) is 1. The summed E-state index contributed by atoms with van der Waals surface area (Å²) in [4.78, 5) is 0. The Morgan fingerprint density at radius 1 is 1.47 bits per heavy atom. The number of rotatable bonds is 5. The molecule has 0 amide bonds. The van der Waals surface area contributed by atoms with Crippen LogP contribution in [-0.2, 0) is 0 Å². The first-order chi connectivity index (χ1) is 8.27. The molecule has 0 aliphatic carbocycles. The number of fused-ring (bicyclic) bond motifs is 1. The normalized spacial score (nSPS) is 12.8. The Labute approximate surface area is 101 Å². The molecular formula is C14H18N2O. The molecule has 3 N–H and O–H groups in total. The van der Waals surface area contributed by atoms with Crippen molar-refractivity contribution in [3.63, 3.8) is 0 Å². The first-order valence-corrected chi connectivity index (χ1v) is 5.80. The number of benzene rings is 1. The Kier molecular flexibility index (Phi) is 3.61. The average Bonchev–Trinajstić information content (AvgIpc) is 2.67. The Balaban J connectivity index is 2.44. The molecule has 0 bridgehead atoms. The first kappa shape index (κ1) is 11.9. The van der Waals surface area contributed by atoms with Gasteiger partial charge in [-0.15, -0.1) is 6.58 Å². The molecule has 17 heavy (non-hydrogen) atoms. The van der Waals surface area contributed by atoms with Crippen molar-refractivity contribution in [2.24, 2.45) is 5.73 Å². The van der Waals surface area contributed by atoms with E-state index >= 15 is 0 Å². The molecule has 1 heterocycles. The number of hydrogen-bond acceptors (Lipinski definition) is 3. The van der Waals surface area contributed by atoms with Crippen molar-refractivity contribution in [2.75, 3.05) is 13.1 Å². The molecule has 2 aromatic rings. The van der Waals surface area contributed by atoms with Crippen molar-refractivity contribution in [3.8, 4) is 0 Å². The van der Waals surface area contributed by atoms with E-state index in [1.165, 1.54) is 0 Å². The van der Waals surface area contributed by atoms with E-state index in [9.17, 15) is 0 Å². The topological polar surface area (TPSA) is 51.2 Å². The van der Waals surface area contributed by atoms with Gasteiger partial charge in [0.2, 0.25) is 0 Å². The van der Waals surface area contributed by atoms with Gasteiger partial charge in [0, 0.05) is 30.1 Å². The summed E-state index contributed by atoms with van der Waals surface area (Å²) < 4.78 is 5.74. The van der Waals surface area contributed by atoms with Crippen molar-refractivity contribution in [3.05, 3.63) is 48.2 Å². The maximum atomic E-state index is 5.83. The highest BCUT2D eigenvalue weighted by Gasteiger charge is 2.18. The molecule has 0 aliphatic heterocycles. The van der Waals surface area contributed by atoms with Gasteiger partial charge in [-0.3, -0.25) is 0 Å². The number of aryl methyl sites for hydroxylation is 1. The lowest BCUT2D eigenvalue weighted by Gasteiger charge is -2.15. The van der Waals surface area contributed by atoms with E-state index < -0.39 is 0 Å². The molecule has 1 unspecified atom stereocenters. The quantitative estimate of drug-likeness (QED) is 0.776. The van der Waals surface area contributed by atoms with Crippen molar-refractivity contribution >= 4 is 11.0 Å². The van der Waals surface area contributed by atoms with Crippen molar-refractivity contribution < 1.29 is 4.42 Å². The van der Waals surface area contributed by atoms with Gasteiger partial charge in [-0.25, -0.2) is 0 Å². The fourth-order valence-electron chi connectivity index (χ4n) is 2.15. The predicted molar refractivity (Wildman–Crippen MR) is 70.9 cm³/mol. The first-order valence-electron chi connectivity index (χ1n) is 5.80. The van der Waals surface area contributed by atoms with Crippen LogP contribution in [-0.4, -0.2) is 13.1 Å². The Morgan fingerprint density at radius 3 is 2.94 bits per heavy atom. The van der Waals surface area contributed by atoms with Gasteiger partial charge in [-0.1, -0.05) is 24.3 Å². The van der Waals surface area contributed by atoms with E-state index in [2.05, 4.69) is 18.0 Å². The highest BCUT2D eigenvalue weighted by molar-refractivity contribution is 5.82. The van der Waals surface area contributed by atoms with Crippen LogP contribution in [0, 0.1) is 6.92 Å². The van der Waals surface area contributed by atoms with E-state index in [0.29, 0.717) is 6.54 Å². The fraction of sp³-hybridized carbons (Fsp3) is 0.286. The van der Waals surface area contributed by atoms with Crippen molar-refractivity contribution in [1.29, 1.82) is 0 Å². The Morgan fingerprint density at radius 2 is 2.24 bits per heavy atom. The van der Waals surface area contributed by atoms with Crippen LogP contribution >= 0.6 is 0 Å². The molecule has 1 atom stereocenters. The standard InChI is InChI=1S/C14H18N2O/c1-3-8-16-12(9-15)14-10(2)17-13-7-5-4-6-11(13)14/h3-7,12,16H,1,8-9,15H2,2H3. The molecule has 0 saturated carbocycles. The maximum Gasteiger partial charge on any atom is 0.134 e.